The Labute approximate surface area is 124 Å². The molecule has 1 aliphatic carbocycles. The van der Waals surface area contributed by atoms with Crippen molar-refractivity contribution in [1.82, 2.24) is 10.2 Å². The normalized spacial score (nSPS) is 24.2. The van der Waals surface area contributed by atoms with Crippen LogP contribution in [0, 0.1) is 0 Å². The molecular weight excluding hydrogens is 272 g/mol. The van der Waals surface area contributed by atoms with Crippen LogP contribution in [0.1, 0.15) is 31.2 Å². The molecule has 1 saturated carbocycles. The number of aliphatic hydroxyl groups excluding tert-OH is 1. The van der Waals surface area contributed by atoms with E-state index in [0.29, 0.717) is 5.11 Å². The molecule has 1 aromatic rings. The Morgan fingerprint density at radius 3 is 2.60 bits per heavy atom. The van der Waals surface area contributed by atoms with Crippen molar-refractivity contribution in [3.05, 3.63) is 29.8 Å². The molecule has 1 aliphatic heterocycles. The average Bonchev–Trinajstić information content (AvgIpc) is 3.03. The minimum atomic E-state index is -0.546. The van der Waals surface area contributed by atoms with E-state index in [1.54, 1.807) is 7.11 Å². The molecule has 0 bridgehead atoms. The minimum Gasteiger partial charge on any atom is -0.497 e. The summed E-state index contributed by atoms with van der Waals surface area (Å²) in [5.41, 5.74) is 0.965. The predicted octanol–water partition coefficient (Wildman–Crippen LogP) is 2.02. The number of aliphatic hydroxyl groups is 1. The van der Waals surface area contributed by atoms with Gasteiger partial charge >= 0.3 is 0 Å². The van der Waals surface area contributed by atoms with E-state index in [2.05, 4.69) is 22.3 Å². The zero-order valence-corrected chi connectivity index (χ0v) is 12.4. The number of ether oxygens (including phenoxy) is 1. The Bertz CT molecular complexity index is 497. The lowest BCUT2D eigenvalue weighted by Gasteiger charge is -2.36. The van der Waals surface area contributed by atoms with Crippen LogP contribution in [0.2, 0.25) is 0 Å². The van der Waals surface area contributed by atoms with E-state index in [9.17, 15) is 5.11 Å². The van der Waals surface area contributed by atoms with Gasteiger partial charge in [-0.25, -0.2) is 0 Å². The SMILES string of the molecule is COc1ccc(CN2C(=S)NC(O)C23CCCC3)cc1. The van der Waals surface area contributed by atoms with Gasteiger partial charge in [-0.2, -0.15) is 0 Å². The molecule has 1 spiro atoms. The second kappa shape index (κ2) is 5.22. The number of hydrogen-bond donors (Lipinski definition) is 2. The smallest absolute Gasteiger partial charge is 0.171 e. The third-order valence-electron chi connectivity index (χ3n) is 4.52. The molecule has 4 nitrogen and oxygen atoms in total. The lowest BCUT2D eigenvalue weighted by molar-refractivity contribution is 0.0295. The summed E-state index contributed by atoms with van der Waals surface area (Å²) in [6.07, 6.45) is 3.76. The highest BCUT2D eigenvalue weighted by Crippen LogP contribution is 2.41. The molecular formula is C15H20N2O2S. The van der Waals surface area contributed by atoms with Gasteiger partial charge in [0.05, 0.1) is 12.6 Å². The van der Waals surface area contributed by atoms with Gasteiger partial charge in [-0.1, -0.05) is 25.0 Å². The number of methoxy groups -OCH3 is 1. The lowest BCUT2D eigenvalue weighted by atomic mass is 9.94. The Kier molecular flexibility index (Phi) is 3.56. The number of nitrogens with zero attached hydrogens (tertiary/aromatic N) is 1. The topological polar surface area (TPSA) is 44.7 Å². The van der Waals surface area contributed by atoms with Crippen molar-refractivity contribution in [1.29, 1.82) is 0 Å². The first-order valence-corrected chi connectivity index (χ1v) is 7.46. The van der Waals surface area contributed by atoms with Crippen LogP contribution in [0.3, 0.4) is 0 Å². The van der Waals surface area contributed by atoms with E-state index in [1.165, 1.54) is 5.56 Å². The molecule has 0 radical (unpaired) electrons. The highest BCUT2D eigenvalue weighted by atomic mass is 32.1. The lowest BCUT2D eigenvalue weighted by Crippen LogP contribution is -2.49. The summed E-state index contributed by atoms with van der Waals surface area (Å²) in [6, 6.07) is 8.02. The average molecular weight is 292 g/mol. The fourth-order valence-corrected chi connectivity index (χ4v) is 3.71. The van der Waals surface area contributed by atoms with Crippen molar-refractivity contribution in [3.8, 4) is 5.75 Å². The summed E-state index contributed by atoms with van der Waals surface area (Å²) in [7, 11) is 1.67. The first-order chi connectivity index (χ1) is 9.65. The first-order valence-electron chi connectivity index (χ1n) is 7.05. The molecule has 108 valence electrons. The third kappa shape index (κ3) is 2.15. The van der Waals surface area contributed by atoms with Crippen molar-refractivity contribution in [2.75, 3.05) is 7.11 Å². The first kappa shape index (κ1) is 13.6. The van der Waals surface area contributed by atoms with Crippen LogP contribution in [0.15, 0.2) is 24.3 Å². The summed E-state index contributed by atoms with van der Waals surface area (Å²) in [6.45, 7) is 0.729. The summed E-state index contributed by atoms with van der Waals surface area (Å²) in [5, 5.41) is 14.0. The van der Waals surface area contributed by atoms with E-state index in [-0.39, 0.29) is 5.54 Å². The second-order valence-corrected chi connectivity index (χ2v) is 5.98. The van der Waals surface area contributed by atoms with Gasteiger partial charge < -0.3 is 20.1 Å². The number of benzene rings is 1. The molecule has 3 rings (SSSR count). The van der Waals surface area contributed by atoms with E-state index in [4.69, 9.17) is 17.0 Å². The van der Waals surface area contributed by atoms with E-state index < -0.39 is 6.23 Å². The van der Waals surface area contributed by atoms with Gasteiger partial charge in [0.25, 0.3) is 0 Å². The summed E-state index contributed by atoms with van der Waals surface area (Å²) in [4.78, 5) is 2.17. The van der Waals surface area contributed by atoms with Crippen LogP contribution in [-0.4, -0.2) is 34.0 Å². The Balaban J connectivity index is 1.82. The van der Waals surface area contributed by atoms with Crippen molar-refractivity contribution < 1.29 is 9.84 Å². The maximum Gasteiger partial charge on any atom is 0.171 e. The highest BCUT2D eigenvalue weighted by Gasteiger charge is 2.51. The molecule has 0 amide bonds. The van der Waals surface area contributed by atoms with Crippen LogP contribution in [0.25, 0.3) is 0 Å². The van der Waals surface area contributed by atoms with E-state index in [0.717, 1.165) is 38.0 Å². The monoisotopic (exact) mass is 292 g/mol. The zero-order valence-electron chi connectivity index (χ0n) is 11.6. The fraction of sp³-hybridized carbons (Fsp3) is 0.533. The van der Waals surface area contributed by atoms with E-state index in [1.807, 2.05) is 12.1 Å². The number of hydrogen-bond acceptors (Lipinski definition) is 3. The van der Waals surface area contributed by atoms with Crippen molar-refractivity contribution in [3.63, 3.8) is 0 Å². The largest absolute Gasteiger partial charge is 0.497 e. The van der Waals surface area contributed by atoms with Gasteiger partial charge in [0.1, 0.15) is 12.0 Å². The molecule has 20 heavy (non-hydrogen) atoms. The summed E-state index contributed by atoms with van der Waals surface area (Å²) in [5.74, 6) is 0.853. The van der Waals surface area contributed by atoms with Gasteiger partial charge in [-0.05, 0) is 42.8 Å². The molecule has 1 atom stereocenters. The van der Waals surface area contributed by atoms with Crippen LogP contribution < -0.4 is 10.1 Å². The Hall–Kier alpha value is -1.33. The number of rotatable bonds is 3. The third-order valence-corrected chi connectivity index (χ3v) is 4.86. The molecule has 2 aliphatic rings. The Morgan fingerprint density at radius 2 is 2.00 bits per heavy atom. The van der Waals surface area contributed by atoms with E-state index >= 15 is 0 Å². The second-order valence-electron chi connectivity index (χ2n) is 5.60. The molecule has 1 heterocycles. The molecule has 2 fully saturated rings. The van der Waals surface area contributed by atoms with Gasteiger partial charge in [-0.3, -0.25) is 0 Å². The number of nitrogens with one attached hydrogen (secondary N) is 1. The van der Waals surface area contributed by atoms with Crippen molar-refractivity contribution in [2.24, 2.45) is 0 Å². The maximum absolute atomic E-state index is 10.3. The zero-order chi connectivity index (χ0) is 14.2. The van der Waals surface area contributed by atoms with Gasteiger partial charge in [0.2, 0.25) is 0 Å². The minimum absolute atomic E-state index is 0.211. The predicted molar refractivity (Wildman–Crippen MR) is 81.5 cm³/mol. The number of thiocarbonyl (C=S) groups is 1. The molecule has 1 saturated heterocycles. The standard InChI is InChI=1S/C15H20N2O2S/c1-19-12-6-4-11(5-7-12)10-17-14(20)16-13(18)15(17)8-2-3-9-15/h4-7,13,18H,2-3,8-10H2,1H3,(H,16,20). The van der Waals surface area contributed by atoms with Gasteiger partial charge in [0, 0.05) is 6.54 Å². The van der Waals surface area contributed by atoms with Gasteiger partial charge in [0.15, 0.2) is 5.11 Å². The van der Waals surface area contributed by atoms with Crippen molar-refractivity contribution >= 4 is 17.3 Å². The van der Waals surface area contributed by atoms with Crippen LogP contribution >= 0.6 is 12.2 Å². The maximum atomic E-state index is 10.3. The summed E-state index contributed by atoms with van der Waals surface area (Å²) < 4.78 is 5.18. The highest BCUT2D eigenvalue weighted by molar-refractivity contribution is 7.80. The summed E-state index contributed by atoms with van der Waals surface area (Å²) >= 11 is 5.40. The van der Waals surface area contributed by atoms with Crippen molar-refractivity contribution in [2.45, 2.75) is 44.0 Å². The molecule has 0 aromatic heterocycles. The van der Waals surface area contributed by atoms with Crippen LogP contribution in [0.5, 0.6) is 5.75 Å². The van der Waals surface area contributed by atoms with Crippen LogP contribution in [-0.2, 0) is 6.54 Å². The quantitative estimate of drug-likeness (QED) is 0.835. The van der Waals surface area contributed by atoms with Gasteiger partial charge in [-0.15, -0.1) is 0 Å². The molecule has 2 N–H and O–H groups in total. The fourth-order valence-electron chi connectivity index (χ4n) is 3.35. The molecule has 1 unspecified atom stereocenters. The van der Waals surface area contributed by atoms with Crippen LogP contribution in [0.4, 0.5) is 0 Å². The molecule has 1 aromatic carbocycles. The Morgan fingerprint density at radius 1 is 1.35 bits per heavy atom. The molecule has 5 heteroatoms.